The largest absolute Gasteiger partial charge is 0.314 e. The van der Waals surface area contributed by atoms with Crippen molar-refractivity contribution >= 4 is 0 Å². The van der Waals surface area contributed by atoms with Crippen LogP contribution in [-0.4, -0.2) is 36.1 Å². The van der Waals surface area contributed by atoms with Crippen LogP contribution in [0, 0.1) is 5.92 Å². The van der Waals surface area contributed by atoms with Crippen molar-refractivity contribution in [3.05, 3.63) is 0 Å². The molecule has 0 aromatic carbocycles. The molecule has 0 unspecified atom stereocenters. The highest BCUT2D eigenvalue weighted by atomic mass is 15.2. The normalized spacial score (nSPS) is 25.5. The minimum Gasteiger partial charge on any atom is -0.314 e. The summed E-state index contributed by atoms with van der Waals surface area (Å²) in [6, 6.07) is 0.783. The lowest BCUT2D eigenvalue weighted by atomic mass is 9.89. The molecule has 0 atom stereocenters. The smallest absolute Gasteiger partial charge is 0.0125 e. The molecule has 1 aliphatic heterocycles. The van der Waals surface area contributed by atoms with E-state index in [1.165, 1.54) is 64.6 Å². The van der Waals surface area contributed by atoms with Gasteiger partial charge in [-0.25, -0.2) is 0 Å². The third-order valence-electron chi connectivity index (χ3n) is 4.86. The van der Waals surface area contributed by atoms with Crippen LogP contribution in [0.25, 0.3) is 0 Å². The summed E-state index contributed by atoms with van der Waals surface area (Å²) in [4.78, 5) is 2.63. The van der Waals surface area contributed by atoms with Crippen molar-refractivity contribution in [3.63, 3.8) is 0 Å². The highest BCUT2D eigenvalue weighted by molar-refractivity contribution is 4.84. The molecule has 2 fully saturated rings. The summed E-state index contributed by atoms with van der Waals surface area (Å²) in [5.41, 5.74) is 0.355. The van der Waals surface area contributed by atoms with Crippen LogP contribution in [0.4, 0.5) is 0 Å². The van der Waals surface area contributed by atoms with Crippen molar-refractivity contribution in [2.75, 3.05) is 19.6 Å². The average molecular weight is 252 g/mol. The van der Waals surface area contributed by atoms with Crippen LogP contribution in [0.2, 0.25) is 0 Å². The maximum absolute atomic E-state index is 3.84. The molecule has 106 valence electrons. The zero-order valence-corrected chi connectivity index (χ0v) is 12.7. The van der Waals surface area contributed by atoms with Gasteiger partial charge in [0.1, 0.15) is 0 Å². The van der Waals surface area contributed by atoms with Crippen molar-refractivity contribution in [3.8, 4) is 0 Å². The second-order valence-corrected chi connectivity index (χ2v) is 7.34. The lowest BCUT2D eigenvalue weighted by Crippen LogP contribution is -2.50. The molecule has 0 radical (unpaired) electrons. The van der Waals surface area contributed by atoms with Crippen LogP contribution in [0.3, 0.4) is 0 Å². The Morgan fingerprint density at radius 3 is 2.11 bits per heavy atom. The predicted molar refractivity (Wildman–Crippen MR) is 78.9 cm³/mol. The van der Waals surface area contributed by atoms with Crippen molar-refractivity contribution in [1.82, 2.24) is 10.2 Å². The monoisotopic (exact) mass is 252 g/mol. The van der Waals surface area contributed by atoms with Gasteiger partial charge in [0.15, 0.2) is 0 Å². The summed E-state index contributed by atoms with van der Waals surface area (Å²) in [7, 11) is 0. The molecular formula is C16H32N2. The van der Waals surface area contributed by atoms with Gasteiger partial charge in [0, 0.05) is 24.7 Å². The second-order valence-electron chi connectivity index (χ2n) is 7.34. The Bertz CT molecular complexity index is 230. The number of hydrogen-bond acceptors (Lipinski definition) is 2. The predicted octanol–water partition coefficient (Wildman–Crippen LogP) is 3.42. The Hall–Kier alpha value is -0.0800. The number of piperidine rings is 1. The van der Waals surface area contributed by atoms with Crippen molar-refractivity contribution < 1.29 is 0 Å². The molecule has 1 N–H and O–H groups in total. The average Bonchev–Trinajstić information content (AvgIpc) is 2.37. The van der Waals surface area contributed by atoms with Crippen molar-refractivity contribution in [1.29, 1.82) is 0 Å². The highest BCUT2D eigenvalue weighted by Gasteiger charge is 2.27. The Morgan fingerprint density at radius 2 is 1.56 bits per heavy atom. The van der Waals surface area contributed by atoms with Gasteiger partial charge in [0.05, 0.1) is 0 Å². The van der Waals surface area contributed by atoms with Gasteiger partial charge in [-0.1, -0.05) is 19.3 Å². The molecular weight excluding hydrogens is 220 g/mol. The van der Waals surface area contributed by atoms with Gasteiger partial charge in [-0.3, -0.25) is 4.90 Å². The first-order valence-corrected chi connectivity index (χ1v) is 8.04. The van der Waals surface area contributed by atoms with Gasteiger partial charge < -0.3 is 5.32 Å². The molecule has 2 rings (SSSR count). The third kappa shape index (κ3) is 4.24. The molecule has 18 heavy (non-hydrogen) atoms. The molecule has 0 aromatic heterocycles. The number of rotatable bonds is 3. The van der Waals surface area contributed by atoms with E-state index in [-0.39, 0.29) is 0 Å². The van der Waals surface area contributed by atoms with Crippen LogP contribution in [0.1, 0.15) is 65.7 Å². The van der Waals surface area contributed by atoms with Crippen LogP contribution in [0.5, 0.6) is 0 Å². The van der Waals surface area contributed by atoms with E-state index in [0.29, 0.717) is 5.54 Å². The van der Waals surface area contributed by atoms with E-state index in [1.807, 2.05) is 0 Å². The van der Waals surface area contributed by atoms with Gasteiger partial charge in [-0.05, 0) is 58.9 Å². The van der Waals surface area contributed by atoms with E-state index in [4.69, 9.17) is 0 Å². The molecule has 0 spiro atoms. The molecule has 1 heterocycles. The van der Waals surface area contributed by atoms with E-state index in [1.54, 1.807) is 0 Å². The first-order chi connectivity index (χ1) is 8.55. The summed E-state index contributed by atoms with van der Waals surface area (Å²) >= 11 is 0. The quantitative estimate of drug-likeness (QED) is 0.828. The molecule has 2 aliphatic rings. The highest BCUT2D eigenvalue weighted by Crippen LogP contribution is 2.24. The molecule has 2 heteroatoms. The third-order valence-corrected chi connectivity index (χ3v) is 4.86. The van der Waals surface area contributed by atoms with Crippen molar-refractivity contribution in [2.45, 2.75) is 77.3 Å². The maximum Gasteiger partial charge on any atom is 0.0125 e. The summed E-state index contributed by atoms with van der Waals surface area (Å²) in [5, 5.41) is 3.84. The first kappa shape index (κ1) is 14.3. The van der Waals surface area contributed by atoms with E-state index in [2.05, 4.69) is 31.0 Å². The minimum atomic E-state index is 0.355. The van der Waals surface area contributed by atoms with Crippen LogP contribution in [-0.2, 0) is 0 Å². The molecule has 0 amide bonds. The fraction of sp³-hybridized carbons (Fsp3) is 1.00. The molecule has 1 aliphatic carbocycles. The first-order valence-electron chi connectivity index (χ1n) is 8.04. The molecule has 1 saturated carbocycles. The Labute approximate surface area is 114 Å². The van der Waals surface area contributed by atoms with E-state index in [9.17, 15) is 0 Å². The summed E-state index contributed by atoms with van der Waals surface area (Å²) in [6.07, 6.45) is 10.0. The second kappa shape index (κ2) is 6.38. The SMILES string of the molecule is CC(C)(C)N1CCC(NCC2CCCCC2)CC1. The van der Waals surface area contributed by atoms with Crippen LogP contribution in [0.15, 0.2) is 0 Å². The number of hydrogen-bond donors (Lipinski definition) is 1. The van der Waals surface area contributed by atoms with E-state index >= 15 is 0 Å². The maximum atomic E-state index is 3.84. The Balaban J connectivity index is 1.64. The summed E-state index contributed by atoms with van der Waals surface area (Å²) in [5.74, 6) is 0.972. The molecule has 1 saturated heterocycles. The lowest BCUT2D eigenvalue weighted by molar-refractivity contribution is 0.0949. The van der Waals surface area contributed by atoms with Gasteiger partial charge in [-0.2, -0.15) is 0 Å². The Kier molecular flexibility index (Phi) is 5.08. The van der Waals surface area contributed by atoms with Gasteiger partial charge >= 0.3 is 0 Å². The zero-order valence-electron chi connectivity index (χ0n) is 12.7. The minimum absolute atomic E-state index is 0.355. The molecule has 0 bridgehead atoms. The zero-order chi connectivity index (χ0) is 13.0. The van der Waals surface area contributed by atoms with E-state index in [0.717, 1.165) is 12.0 Å². The lowest BCUT2D eigenvalue weighted by Gasteiger charge is -2.41. The van der Waals surface area contributed by atoms with Crippen molar-refractivity contribution in [2.24, 2.45) is 5.92 Å². The summed E-state index contributed by atoms with van der Waals surface area (Å²) < 4.78 is 0. The summed E-state index contributed by atoms with van der Waals surface area (Å²) in [6.45, 7) is 10.8. The molecule has 2 nitrogen and oxygen atoms in total. The van der Waals surface area contributed by atoms with E-state index < -0.39 is 0 Å². The standard InChI is InChI=1S/C16H32N2/c1-16(2,3)18-11-9-15(10-12-18)17-13-14-7-5-4-6-8-14/h14-15,17H,4-13H2,1-3H3. The van der Waals surface area contributed by atoms with Gasteiger partial charge in [-0.15, -0.1) is 0 Å². The fourth-order valence-electron chi connectivity index (χ4n) is 3.48. The Morgan fingerprint density at radius 1 is 0.944 bits per heavy atom. The molecule has 0 aromatic rings. The fourth-order valence-corrected chi connectivity index (χ4v) is 3.48. The number of likely N-dealkylation sites (tertiary alicyclic amines) is 1. The van der Waals surface area contributed by atoms with Gasteiger partial charge in [0.25, 0.3) is 0 Å². The topological polar surface area (TPSA) is 15.3 Å². The van der Waals surface area contributed by atoms with Gasteiger partial charge in [0.2, 0.25) is 0 Å². The van der Waals surface area contributed by atoms with Crippen LogP contribution >= 0.6 is 0 Å². The number of nitrogens with zero attached hydrogens (tertiary/aromatic N) is 1. The number of nitrogens with one attached hydrogen (secondary N) is 1. The van der Waals surface area contributed by atoms with Crippen LogP contribution < -0.4 is 5.32 Å².